The van der Waals surface area contributed by atoms with Crippen LogP contribution in [0.25, 0.3) is 0 Å². The number of alkyl halides is 1. The second-order valence-corrected chi connectivity index (χ2v) is 7.01. The van der Waals surface area contributed by atoms with E-state index in [9.17, 15) is 4.79 Å². The van der Waals surface area contributed by atoms with Crippen molar-refractivity contribution in [1.82, 2.24) is 9.80 Å². The molecule has 0 spiro atoms. The lowest BCUT2D eigenvalue weighted by atomic mass is 9.96. The lowest BCUT2D eigenvalue weighted by Gasteiger charge is -2.42. The number of rotatable bonds is 6. The van der Waals surface area contributed by atoms with Gasteiger partial charge in [0, 0.05) is 19.6 Å². The average Bonchev–Trinajstić information content (AvgIpc) is 2.63. The first kappa shape index (κ1) is 18.7. The molecule has 1 fully saturated rings. The third-order valence-corrected chi connectivity index (χ3v) is 4.93. The summed E-state index contributed by atoms with van der Waals surface area (Å²) in [6, 6.07) is 17.8. The maximum Gasteiger partial charge on any atom is 0.341 e. The van der Waals surface area contributed by atoms with Gasteiger partial charge < -0.3 is 14.7 Å². The number of carboxylic acids is 1. The summed E-state index contributed by atoms with van der Waals surface area (Å²) in [5, 5.41) is 8.84. The minimum atomic E-state index is -0.991. The maximum atomic E-state index is 10.8. The number of piperazine rings is 1. The summed E-state index contributed by atoms with van der Waals surface area (Å²) in [6.45, 7) is 2.23. The highest BCUT2D eigenvalue weighted by atomic mass is 35.5. The molecule has 1 heterocycles. The van der Waals surface area contributed by atoms with E-state index < -0.39 is 5.97 Å². The predicted octanol–water partition coefficient (Wildman–Crippen LogP) is 3.05. The van der Waals surface area contributed by atoms with Crippen LogP contribution in [-0.4, -0.2) is 59.7 Å². The first-order chi connectivity index (χ1) is 12.5. The third kappa shape index (κ3) is 4.55. The fourth-order valence-corrected chi connectivity index (χ4v) is 3.75. The molecule has 3 rings (SSSR count). The van der Waals surface area contributed by atoms with E-state index in [0.29, 0.717) is 5.75 Å². The molecule has 2 aromatic rings. The molecule has 0 radical (unpaired) electrons. The summed E-state index contributed by atoms with van der Waals surface area (Å²) in [5.74, 6) is -0.444. The van der Waals surface area contributed by atoms with Crippen molar-refractivity contribution in [2.75, 3.05) is 33.3 Å². The first-order valence-corrected chi connectivity index (χ1v) is 9.06. The Hall–Kier alpha value is -2.08. The highest BCUT2D eigenvalue weighted by molar-refractivity contribution is 6.20. The topological polar surface area (TPSA) is 53.0 Å². The van der Waals surface area contributed by atoms with Crippen LogP contribution in [0.4, 0.5) is 0 Å². The fraction of sp³-hybridized carbons (Fsp3) is 0.350. The Balaban J connectivity index is 1.93. The number of hydrogen-bond donors (Lipinski definition) is 1. The molecular weight excluding hydrogens is 352 g/mol. The van der Waals surface area contributed by atoms with Crippen molar-refractivity contribution in [2.45, 2.75) is 11.5 Å². The number of nitrogens with zero attached hydrogens (tertiary/aromatic N) is 2. The monoisotopic (exact) mass is 374 g/mol. The highest BCUT2D eigenvalue weighted by Gasteiger charge is 2.31. The van der Waals surface area contributed by atoms with Crippen molar-refractivity contribution in [3.8, 4) is 5.75 Å². The van der Waals surface area contributed by atoms with E-state index in [-0.39, 0.29) is 18.1 Å². The van der Waals surface area contributed by atoms with E-state index >= 15 is 0 Å². The molecule has 0 amide bonds. The van der Waals surface area contributed by atoms with Crippen molar-refractivity contribution >= 4 is 17.6 Å². The van der Waals surface area contributed by atoms with Gasteiger partial charge in [-0.3, -0.25) is 4.90 Å². The lowest BCUT2D eigenvalue weighted by Crippen LogP contribution is -2.50. The van der Waals surface area contributed by atoms with Crippen LogP contribution in [0.15, 0.2) is 54.6 Å². The number of ether oxygens (including phenoxy) is 1. The fourth-order valence-electron chi connectivity index (χ4n) is 3.30. The smallest absolute Gasteiger partial charge is 0.341 e. The molecule has 2 aromatic carbocycles. The minimum Gasteiger partial charge on any atom is -0.482 e. The van der Waals surface area contributed by atoms with Gasteiger partial charge in [-0.25, -0.2) is 4.79 Å². The Morgan fingerprint density at radius 3 is 2.62 bits per heavy atom. The number of benzene rings is 2. The molecule has 1 aliphatic rings. The molecule has 1 N–H and O–H groups in total. The third-order valence-electron chi connectivity index (χ3n) is 4.55. The van der Waals surface area contributed by atoms with Crippen LogP contribution in [0.2, 0.25) is 0 Å². The van der Waals surface area contributed by atoms with Crippen molar-refractivity contribution in [3.05, 3.63) is 65.7 Å². The van der Waals surface area contributed by atoms with E-state index in [2.05, 4.69) is 29.0 Å². The average molecular weight is 375 g/mol. The molecule has 1 aliphatic heterocycles. The molecule has 1 saturated heterocycles. The Morgan fingerprint density at radius 1 is 1.19 bits per heavy atom. The molecule has 2 atom stereocenters. The van der Waals surface area contributed by atoms with Crippen molar-refractivity contribution in [3.63, 3.8) is 0 Å². The summed E-state index contributed by atoms with van der Waals surface area (Å²) < 4.78 is 5.37. The largest absolute Gasteiger partial charge is 0.482 e. The molecule has 2 unspecified atom stereocenters. The molecule has 0 bridgehead atoms. The zero-order valence-electron chi connectivity index (χ0n) is 14.7. The molecular formula is C20H23ClN2O3. The van der Waals surface area contributed by atoms with Crippen LogP contribution in [-0.2, 0) is 4.79 Å². The summed E-state index contributed by atoms with van der Waals surface area (Å²) in [7, 11) is 2.07. The van der Waals surface area contributed by atoms with E-state index in [4.69, 9.17) is 21.4 Å². The Labute approximate surface area is 158 Å². The van der Waals surface area contributed by atoms with Gasteiger partial charge in [0.2, 0.25) is 0 Å². The second kappa shape index (κ2) is 8.54. The Morgan fingerprint density at radius 2 is 1.92 bits per heavy atom. The Bertz CT molecular complexity index is 741. The maximum absolute atomic E-state index is 10.8. The van der Waals surface area contributed by atoms with Gasteiger partial charge in [0.25, 0.3) is 0 Å². The van der Waals surface area contributed by atoms with Crippen LogP contribution in [0.1, 0.15) is 17.2 Å². The number of carboxylic acid groups (broad SMARTS) is 1. The van der Waals surface area contributed by atoms with Crippen LogP contribution >= 0.6 is 11.6 Å². The number of halogens is 1. The number of carbonyl (C=O) groups is 1. The van der Waals surface area contributed by atoms with Gasteiger partial charge in [0.1, 0.15) is 5.75 Å². The molecule has 5 nitrogen and oxygen atoms in total. The van der Waals surface area contributed by atoms with Crippen LogP contribution in [0.3, 0.4) is 0 Å². The van der Waals surface area contributed by atoms with Gasteiger partial charge in [-0.2, -0.15) is 0 Å². The van der Waals surface area contributed by atoms with Crippen LogP contribution in [0.5, 0.6) is 5.75 Å². The first-order valence-electron chi connectivity index (χ1n) is 8.62. The van der Waals surface area contributed by atoms with E-state index in [1.165, 1.54) is 0 Å². The molecule has 6 heteroatoms. The van der Waals surface area contributed by atoms with Crippen LogP contribution < -0.4 is 4.74 Å². The van der Waals surface area contributed by atoms with Crippen molar-refractivity contribution < 1.29 is 14.6 Å². The Kier molecular flexibility index (Phi) is 6.14. The lowest BCUT2D eigenvalue weighted by molar-refractivity contribution is -0.139. The normalized spacial score (nSPS) is 19.8. The summed E-state index contributed by atoms with van der Waals surface area (Å²) in [6.07, 6.45) is 0. The van der Waals surface area contributed by atoms with E-state index in [1.807, 2.05) is 36.4 Å². The van der Waals surface area contributed by atoms with Gasteiger partial charge in [-0.15, -0.1) is 11.6 Å². The summed E-state index contributed by atoms with van der Waals surface area (Å²) in [4.78, 5) is 15.3. The number of hydrogen-bond acceptors (Lipinski definition) is 4. The van der Waals surface area contributed by atoms with Gasteiger partial charge in [0.15, 0.2) is 6.61 Å². The van der Waals surface area contributed by atoms with Gasteiger partial charge in [-0.05, 0) is 30.3 Å². The molecule has 0 aromatic heterocycles. The predicted molar refractivity (Wildman–Crippen MR) is 102 cm³/mol. The zero-order valence-corrected chi connectivity index (χ0v) is 15.5. The molecule has 0 saturated carbocycles. The van der Waals surface area contributed by atoms with E-state index in [0.717, 1.165) is 30.8 Å². The quantitative estimate of drug-likeness (QED) is 0.622. The van der Waals surface area contributed by atoms with Crippen molar-refractivity contribution in [2.24, 2.45) is 0 Å². The minimum absolute atomic E-state index is 0.0132. The summed E-state index contributed by atoms with van der Waals surface area (Å²) in [5.41, 5.74) is 2.08. The summed E-state index contributed by atoms with van der Waals surface area (Å²) >= 11 is 6.69. The van der Waals surface area contributed by atoms with Crippen LogP contribution in [0, 0.1) is 0 Å². The molecule has 0 aliphatic carbocycles. The number of likely N-dealkylation sites (N-methyl/N-ethyl adjacent to an activating group) is 1. The SMILES string of the molecule is CN1CCN(C(c2ccccc2)c2cccc(OCC(=O)O)c2)C(Cl)C1. The van der Waals surface area contributed by atoms with Gasteiger partial charge in [0.05, 0.1) is 11.5 Å². The highest BCUT2D eigenvalue weighted by Crippen LogP contribution is 2.34. The van der Waals surface area contributed by atoms with Crippen molar-refractivity contribution in [1.29, 1.82) is 0 Å². The molecule has 138 valence electrons. The number of aliphatic carboxylic acids is 1. The second-order valence-electron chi connectivity index (χ2n) is 6.50. The molecule has 26 heavy (non-hydrogen) atoms. The van der Waals surface area contributed by atoms with Gasteiger partial charge >= 0.3 is 5.97 Å². The van der Waals surface area contributed by atoms with Gasteiger partial charge in [-0.1, -0.05) is 42.5 Å². The van der Waals surface area contributed by atoms with E-state index in [1.54, 1.807) is 6.07 Å². The standard InChI is InChI=1S/C20H23ClN2O3/c1-22-10-11-23(18(21)13-22)20(15-6-3-2-4-7-15)16-8-5-9-17(12-16)26-14-19(24)25/h2-9,12,18,20H,10-11,13-14H2,1H3,(H,24,25). The zero-order chi connectivity index (χ0) is 18.5.